The molecule has 0 spiro atoms. The first kappa shape index (κ1) is 24.0. The number of halogens is 2. The summed E-state index contributed by atoms with van der Waals surface area (Å²) in [4.78, 5) is 16.6. The van der Waals surface area contributed by atoms with Crippen molar-refractivity contribution in [1.29, 1.82) is 0 Å². The molecule has 11 heteroatoms. The Bertz CT molecular complexity index is 1520. The number of phenolic OH excluding ortho intramolecular Hbond substituents is 1. The van der Waals surface area contributed by atoms with Crippen LogP contribution in [0.4, 0.5) is 4.39 Å². The summed E-state index contributed by atoms with van der Waals surface area (Å²) in [6, 6.07) is 6.68. The van der Waals surface area contributed by atoms with E-state index in [0.717, 1.165) is 0 Å². The number of aryl methyl sites for hydroxylation is 2. The molecule has 2 N–H and O–H groups in total. The Balaban J connectivity index is 1.87. The minimum atomic E-state index is -3.81. The molecular weight excluding hydrogens is 529 g/mol. The van der Waals surface area contributed by atoms with Gasteiger partial charge in [-0.1, -0.05) is 12.1 Å². The van der Waals surface area contributed by atoms with Crippen LogP contribution in [0.2, 0.25) is 0 Å². The van der Waals surface area contributed by atoms with Crippen molar-refractivity contribution in [2.75, 3.05) is 0 Å². The van der Waals surface area contributed by atoms with Crippen molar-refractivity contribution in [3.63, 3.8) is 0 Å². The van der Waals surface area contributed by atoms with Crippen LogP contribution in [-0.4, -0.2) is 38.7 Å². The summed E-state index contributed by atoms with van der Waals surface area (Å²) >= 11 is 3.32. The standard InChI is InChI=1S/C23H21BrFN3O5S/c1-13-26-7-8-28(13)10-16-20-18(9-17(24)22(16)29)27(2)19(21(20)23(30)31)12-34(32,33)11-14-3-5-15(25)6-4-14/h3-9,29H,10-12H2,1-2H3,(H,30,31). The van der Waals surface area contributed by atoms with Crippen molar-refractivity contribution in [2.45, 2.75) is 25.0 Å². The van der Waals surface area contributed by atoms with Crippen LogP contribution in [0.1, 0.15) is 33.0 Å². The fraction of sp³-hybridized carbons (Fsp3) is 0.217. The summed E-state index contributed by atoms with van der Waals surface area (Å²) in [6.07, 6.45) is 3.30. The van der Waals surface area contributed by atoms with Crippen LogP contribution in [0.3, 0.4) is 0 Å². The molecule has 2 aromatic carbocycles. The second-order valence-corrected chi connectivity index (χ2v) is 10.9. The van der Waals surface area contributed by atoms with Gasteiger partial charge in [-0.2, -0.15) is 0 Å². The number of hydrogen-bond donors (Lipinski definition) is 2. The number of aromatic nitrogens is 3. The van der Waals surface area contributed by atoms with Crippen molar-refractivity contribution in [3.05, 3.63) is 81.2 Å². The summed E-state index contributed by atoms with van der Waals surface area (Å²) in [7, 11) is -2.22. The summed E-state index contributed by atoms with van der Waals surface area (Å²) in [5.74, 6) is -2.16. The largest absolute Gasteiger partial charge is 0.506 e. The fourth-order valence-electron chi connectivity index (χ4n) is 4.07. The van der Waals surface area contributed by atoms with Gasteiger partial charge in [0.15, 0.2) is 9.84 Å². The Kier molecular flexibility index (Phi) is 6.26. The lowest BCUT2D eigenvalue weighted by Crippen LogP contribution is -2.13. The number of aromatic hydroxyl groups is 1. The zero-order valence-corrected chi connectivity index (χ0v) is 20.7. The summed E-state index contributed by atoms with van der Waals surface area (Å²) in [5, 5.41) is 21.2. The summed E-state index contributed by atoms with van der Waals surface area (Å²) in [6.45, 7) is 1.92. The van der Waals surface area contributed by atoms with E-state index in [0.29, 0.717) is 26.9 Å². The molecule has 0 saturated carbocycles. The number of aromatic carboxylic acids is 1. The van der Waals surface area contributed by atoms with Crippen molar-refractivity contribution in [1.82, 2.24) is 14.1 Å². The third-order valence-corrected chi connectivity index (χ3v) is 7.85. The van der Waals surface area contributed by atoms with E-state index < -0.39 is 27.4 Å². The first-order chi connectivity index (χ1) is 16.0. The molecule has 178 valence electrons. The molecule has 0 saturated heterocycles. The van der Waals surface area contributed by atoms with Crippen molar-refractivity contribution in [2.24, 2.45) is 7.05 Å². The van der Waals surface area contributed by atoms with Crippen LogP contribution in [0.25, 0.3) is 10.9 Å². The van der Waals surface area contributed by atoms with Gasteiger partial charge in [-0.25, -0.2) is 22.6 Å². The number of benzene rings is 2. The second kappa shape index (κ2) is 8.88. The zero-order chi connectivity index (χ0) is 24.8. The Labute approximate surface area is 203 Å². The minimum Gasteiger partial charge on any atom is -0.506 e. The highest BCUT2D eigenvalue weighted by atomic mass is 79.9. The predicted octanol–water partition coefficient (Wildman–Crippen LogP) is 4.15. The average Bonchev–Trinajstić information content (AvgIpc) is 3.28. The number of sulfone groups is 1. The number of fused-ring (bicyclic) bond motifs is 1. The maximum Gasteiger partial charge on any atom is 0.338 e. The summed E-state index contributed by atoms with van der Waals surface area (Å²) < 4.78 is 42.8. The van der Waals surface area contributed by atoms with Gasteiger partial charge in [0.1, 0.15) is 17.4 Å². The van der Waals surface area contributed by atoms with Crippen molar-refractivity contribution in [3.8, 4) is 5.75 Å². The van der Waals surface area contributed by atoms with Gasteiger partial charge in [0.2, 0.25) is 0 Å². The van der Waals surface area contributed by atoms with Gasteiger partial charge in [-0.05, 0) is 46.6 Å². The quantitative estimate of drug-likeness (QED) is 0.358. The van der Waals surface area contributed by atoms with Gasteiger partial charge in [-0.3, -0.25) is 0 Å². The van der Waals surface area contributed by atoms with E-state index in [2.05, 4.69) is 20.9 Å². The number of rotatable bonds is 7. The maximum atomic E-state index is 13.2. The zero-order valence-electron chi connectivity index (χ0n) is 18.3. The first-order valence-corrected chi connectivity index (χ1v) is 12.8. The molecule has 0 radical (unpaired) electrons. The first-order valence-electron chi connectivity index (χ1n) is 10.2. The summed E-state index contributed by atoms with van der Waals surface area (Å²) in [5.41, 5.74) is 1.10. The third-order valence-electron chi connectivity index (χ3n) is 5.76. The fourth-order valence-corrected chi connectivity index (χ4v) is 6.08. The van der Waals surface area contributed by atoms with Gasteiger partial charge in [0.05, 0.1) is 33.6 Å². The predicted molar refractivity (Wildman–Crippen MR) is 128 cm³/mol. The Hall–Kier alpha value is -3.18. The normalized spacial score (nSPS) is 11.9. The Morgan fingerprint density at radius 2 is 1.88 bits per heavy atom. The minimum absolute atomic E-state index is 0.0886. The number of carbonyl (C=O) groups is 1. The van der Waals surface area contributed by atoms with E-state index in [-0.39, 0.29) is 34.7 Å². The van der Waals surface area contributed by atoms with Crippen LogP contribution in [0, 0.1) is 12.7 Å². The number of carboxylic acid groups (broad SMARTS) is 1. The van der Waals surface area contributed by atoms with E-state index in [1.165, 1.54) is 28.8 Å². The Morgan fingerprint density at radius 1 is 1.21 bits per heavy atom. The van der Waals surface area contributed by atoms with E-state index >= 15 is 0 Å². The van der Waals surface area contributed by atoms with Crippen molar-refractivity contribution < 1.29 is 27.8 Å². The number of phenols is 1. The lowest BCUT2D eigenvalue weighted by molar-refractivity contribution is 0.0698. The molecule has 0 aliphatic rings. The van der Waals surface area contributed by atoms with Crippen LogP contribution < -0.4 is 0 Å². The van der Waals surface area contributed by atoms with Crippen LogP contribution in [0.15, 0.2) is 47.2 Å². The van der Waals surface area contributed by atoms with E-state index in [4.69, 9.17) is 0 Å². The molecule has 2 heterocycles. The van der Waals surface area contributed by atoms with Crippen molar-refractivity contribution >= 4 is 42.6 Å². The molecule has 4 rings (SSSR count). The number of carboxylic acids is 1. The molecule has 0 amide bonds. The van der Waals surface area contributed by atoms with Gasteiger partial charge in [0.25, 0.3) is 0 Å². The topological polar surface area (TPSA) is 114 Å². The maximum absolute atomic E-state index is 13.2. The van der Waals surface area contributed by atoms with Crippen LogP contribution in [0.5, 0.6) is 5.75 Å². The average molecular weight is 550 g/mol. The lowest BCUT2D eigenvalue weighted by Gasteiger charge is -2.12. The number of nitrogens with zero attached hydrogens (tertiary/aromatic N) is 3. The molecule has 0 unspecified atom stereocenters. The van der Waals surface area contributed by atoms with Gasteiger partial charge < -0.3 is 19.3 Å². The SMILES string of the molecule is Cc1nccn1Cc1c(O)c(Br)cc2c1c(C(=O)O)c(CS(=O)(=O)Cc1ccc(F)cc1)n2C. The second-order valence-electron chi connectivity index (χ2n) is 8.03. The van der Waals surface area contributed by atoms with Gasteiger partial charge >= 0.3 is 5.97 Å². The highest BCUT2D eigenvalue weighted by Gasteiger charge is 2.29. The molecule has 0 fully saturated rings. The molecular formula is C23H21BrFN3O5S. The van der Waals surface area contributed by atoms with Gasteiger partial charge in [-0.15, -0.1) is 0 Å². The monoisotopic (exact) mass is 549 g/mol. The number of imidazole rings is 1. The van der Waals surface area contributed by atoms with E-state index in [9.17, 15) is 27.8 Å². The Morgan fingerprint density at radius 3 is 2.47 bits per heavy atom. The lowest BCUT2D eigenvalue weighted by atomic mass is 10.0. The molecule has 2 aromatic heterocycles. The number of hydrogen-bond acceptors (Lipinski definition) is 5. The molecule has 0 atom stereocenters. The van der Waals surface area contributed by atoms with E-state index in [1.807, 2.05) is 0 Å². The molecule has 0 aliphatic carbocycles. The molecule has 0 aliphatic heterocycles. The molecule has 0 bridgehead atoms. The highest BCUT2D eigenvalue weighted by Crippen LogP contribution is 2.40. The molecule has 34 heavy (non-hydrogen) atoms. The molecule has 8 nitrogen and oxygen atoms in total. The highest BCUT2D eigenvalue weighted by molar-refractivity contribution is 9.10. The third kappa shape index (κ3) is 4.45. The van der Waals surface area contributed by atoms with E-state index in [1.54, 1.807) is 37.0 Å². The van der Waals surface area contributed by atoms with Crippen LogP contribution >= 0.6 is 15.9 Å². The van der Waals surface area contributed by atoms with Gasteiger partial charge in [0, 0.05) is 36.1 Å². The smallest absolute Gasteiger partial charge is 0.338 e. The van der Waals surface area contributed by atoms with Crippen LogP contribution in [-0.2, 0) is 34.9 Å². The molecule has 4 aromatic rings.